The Balaban J connectivity index is 1.88. The summed E-state index contributed by atoms with van der Waals surface area (Å²) in [6.07, 6.45) is 2.34. The summed E-state index contributed by atoms with van der Waals surface area (Å²) < 4.78 is 54.8. The molecule has 6 nitrogen and oxygen atoms in total. The zero-order chi connectivity index (χ0) is 24.4. The second kappa shape index (κ2) is 10.2. The van der Waals surface area contributed by atoms with E-state index in [-0.39, 0.29) is 48.6 Å². The number of pyridine rings is 1. The monoisotopic (exact) mass is 485 g/mol. The van der Waals surface area contributed by atoms with E-state index in [0.717, 1.165) is 18.5 Å². The molecule has 0 unspecified atom stereocenters. The number of sulfone groups is 1. The van der Waals surface area contributed by atoms with E-state index in [1.54, 1.807) is 12.1 Å². The van der Waals surface area contributed by atoms with Crippen molar-refractivity contribution in [2.75, 3.05) is 11.4 Å². The summed E-state index contributed by atoms with van der Waals surface area (Å²) >= 11 is 0. The van der Waals surface area contributed by atoms with E-state index in [9.17, 15) is 22.0 Å². The predicted molar refractivity (Wildman–Crippen MR) is 125 cm³/mol. The van der Waals surface area contributed by atoms with E-state index in [1.807, 2.05) is 32.6 Å². The first-order chi connectivity index (χ1) is 15.5. The van der Waals surface area contributed by atoms with Crippen LogP contribution in [0, 0.1) is 12.8 Å². The second-order valence-corrected chi connectivity index (χ2v) is 11.9. The van der Waals surface area contributed by atoms with E-state index in [0.29, 0.717) is 25.2 Å². The highest BCUT2D eigenvalue weighted by Gasteiger charge is 2.43. The first kappa shape index (κ1) is 25.8. The van der Waals surface area contributed by atoms with Crippen LogP contribution in [0.15, 0.2) is 17.0 Å². The molecule has 2 atom stereocenters. The van der Waals surface area contributed by atoms with Gasteiger partial charge in [0.05, 0.1) is 11.2 Å². The van der Waals surface area contributed by atoms with E-state index >= 15 is 0 Å². The number of hydrogen-bond donors (Lipinski definition) is 1. The maximum absolute atomic E-state index is 13.9. The molecule has 2 saturated carbocycles. The largest absolute Gasteiger partial charge is 0.353 e. The van der Waals surface area contributed by atoms with E-state index in [4.69, 9.17) is 0 Å². The fourth-order valence-electron chi connectivity index (χ4n) is 5.14. The number of halogens is 2. The Bertz CT molecular complexity index is 942. The number of aromatic nitrogens is 1. The van der Waals surface area contributed by atoms with Crippen LogP contribution in [-0.2, 0) is 14.6 Å². The van der Waals surface area contributed by atoms with E-state index < -0.39 is 26.9 Å². The van der Waals surface area contributed by atoms with Gasteiger partial charge in [-0.1, -0.05) is 12.8 Å². The summed E-state index contributed by atoms with van der Waals surface area (Å²) in [6.45, 7) is 8.39. The van der Waals surface area contributed by atoms with E-state index in [1.165, 1.54) is 0 Å². The first-order valence-corrected chi connectivity index (χ1v) is 13.7. The molecule has 3 rings (SSSR count). The number of nitrogens with one attached hydrogen (secondary N) is 1. The third kappa shape index (κ3) is 5.84. The van der Waals surface area contributed by atoms with Crippen LogP contribution in [0.2, 0.25) is 0 Å². The van der Waals surface area contributed by atoms with Crippen molar-refractivity contribution in [2.45, 2.75) is 107 Å². The van der Waals surface area contributed by atoms with Crippen molar-refractivity contribution in [3.05, 3.63) is 17.8 Å². The van der Waals surface area contributed by atoms with Crippen molar-refractivity contribution in [1.29, 1.82) is 0 Å². The van der Waals surface area contributed by atoms with Crippen LogP contribution in [0.3, 0.4) is 0 Å². The number of rotatable bonds is 7. The lowest BCUT2D eigenvalue weighted by Gasteiger charge is -2.35. The number of carbonyl (C=O) groups is 1. The van der Waals surface area contributed by atoms with Gasteiger partial charge in [0, 0.05) is 37.2 Å². The van der Waals surface area contributed by atoms with Crippen molar-refractivity contribution in [3.63, 3.8) is 0 Å². The van der Waals surface area contributed by atoms with Crippen LogP contribution in [0.1, 0.15) is 77.8 Å². The van der Waals surface area contributed by atoms with Gasteiger partial charge in [-0.05, 0) is 65.5 Å². The molecular formula is C24H37F2N3O3S. The molecule has 0 aliphatic heterocycles. The lowest BCUT2D eigenvalue weighted by Crippen LogP contribution is -2.48. The normalized spacial score (nSPS) is 24.0. The quantitative estimate of drug-likeness (QED) is 0.608. The number of carbonyl (C=O) groups excluding carboxylic acids is 1. The van der Waals surface area contributed by atoms with Gasteiger partial charge in [-0.3, -0.25) is 4.79 Å². The molecule has 33 heavy (non-hydrogen) atoms. The van der Waals surface area contributed by atoms with Gasteiger partial charge in [-0.2, -0.15) is 0 Å². The molecular weight excluding hydrogens is 448 g/mol. The molecule has 0 radical (unpaired) electrons. The van der Waals surface area contributed by atoms with Crippen LogP contribution in [0.5, 0.6) is 0 Å². The number of alkyl halides is 2. The molecule has 1 amide bonds. The minimum absolute atomic E-state index is 0.0631. The molecule has 2 fully saturated rings. The van der Waals surface area contributed by atoms with Crippen LogP contribution >= 0.6 is 0 Å². The van der Waals surface area contributed by atoms with Crippen molar-refractivity contribution in [3.8, 4) is 0 Å². The van der Waals surface area contributed by atoms with Gasteiger partial charge >= 0.3 is 0 Å². The molecule has 1 N–H and O–H groups in total. The standard InChI is InChI=1S/C24H37F2N3O3S/c1-5-29(16(2)3)22-21(11-10-17(4)27-22)33(31,32)20-9-7-6-8-19(20)23(30)28-18-12-14-24(25,26)15-13-18/h10-11,16,18-20H,5-9,12-15H2,1-4H3,(H,28,30)/t19-,20-/m0/s1. The topological polar surface area (TPSA) is 79.4 Å². The summed E-state index contributed by atoms with van der Waals surface area (Å²) in [6, 6.07) is 3.05. The lowest BCUT2D eigenvalue weighted by molar-refractivity contribution is -0.127. The van der Waals surface area contributed by atoms with Crippen molar-refractivity contribution in [2.24, 2.45) is 5.92 Å². The van der Waals surface area contributed by atoms with Crippen LogP contribution in [-0.4, -0.2) is 49.1 Å². The molecule has 0 aromatic carbocycles. The predicted octanol–water partition coefficient (Wildman–Crippen LogP) is 4.65. The smallest absolute Gasteiger partial charge is 0.248 e. The third-order valence-electron chi connectivity index (χ3n) is 7.02. The summed E-state index contributed by atoms with van der Waals surface area (Å²) in [7, 11) is -3.84. The third-order valence-corrected chi connectivity index (χ3v) is 9.32. The molecule has 2 aliphatic carbocycles. The average Bonchev–Trinajstić information content (AvgIpc) is 2.75. The van der Waals surface area contributed by atoms with Crippen LogP contribution in [0.4, 0.5) is 14.6 Å². The van der Waals surface area contributed by atoms with E-state index in [2.05, 4.69) is 10.3 Å². The molecule has 0 bridgehead atoms. The van der Waals surface area contributed by atoms with Crippen LogP contribution < -0.4 is 10.2 Å². The first-order valence-electron chi connectivity index (χ1n) is 12.1. The number of hydrogen-bond acceptors (Lipinski definition) is 5. The highest BCUT2D eigenvalue weighted by atomic mass is 32.2. The molecule has 1 aromatic heterocycles. The highest BCUT2D eigenvalue weighted by molar-refractivity contribution is 7.92. The Morgan fingerprint density at radius 1 is 1.18 bits per heavy atom. The van der Waals surface area contributed by atoms with Gasteiger partial charge in [0.25, 0.3) is 0 Å². The Labute approximate surface area is 196 Å². The van der Waals surface area contributed by atoms with Gasteiger partial charge in [0.1, 0.15) is 10.7 Å². The van der Waals surface area contributed by atoms with Crippen molar-refractivity contribution in [1.82, 2.24) is 10.3 Å². The average molecular weight is 486 g/mol. The lowest BCUT2D eigenvalue weighted by atomic mass is 9.86. The summed E-state index contributed by atoms with van der Waals surface area (Å²) in [5, 5.41) is 2.05. The minimum atomic E-state index is -3.84. The SMILES string of the molecule is CCN(c1nc(C)ccc1S(=O)(=O)[C@H]1CCCC[C@@H]1C(=O)NC1CCC(F)(F)CC1)C(C)C. The highest BCUT2D eigenvalue weighted by Crippen LogP contribution is 2.38. The number of nitrogens with zero attached hydrogens (tertiary/aromatic N) is 2. The maximum atomic E-state index is 13.9. The maximum Gasteiger partial charge on any atom is 0.248 e. The van der Waals surface area contributed by atoms with Gasteiger partial charge in [0.15, 0.2) is 9.84 Å². The number of anilines is 1. The summed E-state index contributed by atoms with van der Waals surface area (Å²) in [5.41, 5.74) is 0.732. The minimum Gasteiger partial charge on any atom is -0.353 e. The fourth-order valence-corrected chi connectivity index (χ4v) is 7.31. The Morgan fingerprint density at radius 3 is 2.42 bits per heavy atom. The van der Waals surface area contributed by atoms with Crippen molar-refractivity contribution >= 4 is 21.6 Å². The van der Waals surface area contributed by atoms with Crippen molar-refractivity contribution < 1.29 is 22.0 Å². The molecule has 1 aromatic rings. The van der Waals surface area contributed by atoms with Gasteiger partial charge in [0.2, 0.25) is 11.8 Å². The Hall–Kier alpha value is -1.77. The molecule has 0 saturated heterocycles. The van der Waals surface area contributed by atoms with Gasteiger partial charge in [-0.15, -0.1) is 0 Å². The van der Waals surface area contributed by atoms with Gasteiger partial charge in [-0.25, -0.2) is 22.2 Å². The summed E-state index contributed by atoms with van der Waals surface area (Å²) in [4.78, 5) is 19.9. The molecule has 2 aliphatic rings. The Morgan fingerprint density at radius 2 is 1.82 bits per heavy atom. The molecule has 186 valence electrons. The molecule has 9 heteroatoms. The zero-order valence-corrected chi connectivity index (χ0v) is 20.9. The summed E-state index contributed by atoms with van der Waals surface area (Å²) in [5.74, 6) is -3.24. The molecule has 1 heterocycles. The van der Waals surface area contributed by atoms with Gasteiger partial charge < -0.3 is 10.2 Å². The zero-order valence-electron chi connectivity index (χ0n) is 20.1. The number of aryl methyl sites for hydroxylation is 1. The second-order valence-electron chi connectivity index (χ2n) is 9.77. The molecule has 0 spiro atoms. The fraction of sp³-hybridized carbons (Fsp3) is 0.750. The Kier molecular flexibility index (Phi) is 8.02. The van der Waals surface area contributed by atoms with Crippen LogP contribution in [0.25, 0.3) is 0 Å². The number of amides is 1.